The van der Waals surface area contributed by atoms with Crippen molar-refractivity contribution in [1.29, 1.82) is 0 Å². The second kappa shape index (κ2) is 5.25. The Morgan fingerprint density at radius 1 is 1.06 bits per heavy atom. The van der Waals surface area contributed by atoms with Crippen LogP contribution in [-0.4, -0.2) is 5.97 Å². The molecule has 2 aromatic rings. The van der Waals surface area contributed by atoms with Crippen molar-refractivity contribution in [3.63, 3.8) is 0 Å². The summed E-state index contributed by atoms with van der Waals surface area (Å²) in [7, 11) is 0. The zero-order valence-corrected chi connectivity index (χ0v) is 10.3. The predicted octanol–water partition coefficient (Wildman–Crippen LogP) is 2.85. The lowest BCUT2D eigenvalue weighted by Crippen LogP contribution is -2.22. The van der Waals surface area contributed by atoms with Crippen LogP contribution in [0.4, 0.5) is 0 Å². The van der Waals surface area contributed by atoms with Crippen LogP contribution in [-0.2, 0) is 0 Å². The van der Waals surface area contributed by atoms with Crippen molar-refractivity contribution >= 4 is 29.3 Å². The first-order chi connectivity index (χ1) is 8.16. The number of carboxylic acid groups (broad SMARTS) is 1. The molecule has 0 heterocycles. The predicted molar refractivity (Wildman–Crippen MR) is 66.3 cm³/mol. The van der Waals surface area contributed by atoms with E-state index in [1.807, 2.05) is 12.1 Å². The Balaban J connectivity index is 2.30. The molecule has 0 aliphatic rings. The van der Waals surface area contributed by atoms with Crippen molar-refractivity contribution in [2.45, 2.75) is 9.79 Å². The number of aromatic carboxylic acids is 1. The van der Waals surface area contributed by atoms with Gasteiger partial charge in [-0.1, -0.05) is 41.6 Å². The number of carbonyl (C=O) groups excluding carboxylic acids is 1. The van der Waals surface area contributed by atoms with E-state index in [0.717, 1.165) is 4.90 Å². The first kappa shape index (κ1) is 12.0. The minimum atomic E-state index is -1.16. The van der Waals surface area contributed by atoms with Crippen molar-refractivity contribution in [1.82, 2.24) is 0 Å². The maximum atomic E-state index is 10.9. The highest BCUT2D eigenvalue weighted by molar-refractivity contribution is 7.99. The van der Waals surface area contributed by atoms with E-state index in [9.17, 15) is 9.90 Å². The van der Waals surface area contributed by atoms with E-state index in [1.165, 1.54) is 17.8 Å². The highest BCUT2D eigenvalue weighted by Gasteiger charge is 2.04. The molecule has 17 heavy (non-hydrogen) atoms. The molecule has 0 unspecified atom stereocenters. The third-order valence-electron chi connectivity index (χ3n) is 2.15. The van der Waals surface area contributed by atoms with Crippen molar-refractivity contribution in [3.05, 3.63) is 59.1 Å². The summed E-state index contributed by atoms with van der Waals surface area (Å²) < 4.78 is 0. The van der Waals surface area contributed by atoms with Gasteiger partial charge in [-0.25, -0.2) is 0 Å². The Bertz CT molecular complexity index is 537. The van der Waals surface area contributed by atoms with E-state index in [2.05, 4.69) is 0 Å². The fourth-order valence-electron chi connectivity index (χ4n) is 1.35. The molecule has 0 spiro atoms. The monoisotopic (exact) mass is 263 g/mol. The molecule has 0 aliphatic carbocycles. The van der Waals surface area contributed by atoms with E-state index in [-0.39, 0.29) is 5.56 Å². The van der Waals surface area contributed by atoms with Gasteiger partial charge in [-0.3, -0.25) is 0 Å². The molecule has 0 saturated carbocycles. The molecule has 86 valence electrons. The highest BCUT2D eigenvalue weighted by atomic mass is 35.5. The normalized spacial score (nSPS) is 10.2. The van der Waals surface area contributed by atoms with Crippen LogP contribution >= 0.6 is 23.4 Å². The van der Waals surface area contributed by atoms with Gasteiger partial charge >= 0.3 is 0 Å². The lowest BCUT2D eigenvalue weighted by atomic mass is 10.2. The summed E-state index contributed by atoms with van der Waals surface area (Å²) in [6.07, 6.45) is 0. The van der Waals surface area contributed by atoms with Crippen LogP contribution < -0.4 is 5.11 Å². The van der Waals surface area contributed by atoms with Crippen molar-refractivity contribution < 1.29 is 9.90 Å². The summed E-state index contributed by atoms with van der Waals surface area (Å²) in [4.78, 5) is 12.5. The number of hydrogen-bond donors (Lipinski definition) is 0. The van der Waals surface area contributed by atoms with Crippen molar-refractivity contribution in [3.8, 4) is 0 Å². The third-order valence-corrected chi connectivity index (χ3v) is 3.48. The molecule has 0 amide bonds. The lowest BCUT2D eigenvalue weighted by molar-refractivity contribution is -0.255. The number of halogens is 1. The fourth-order valence-corrected chi connectivity index (χ4v) is 2.41. The van der Waals surface area contributed by atoms with E-state index in [1.54, 1.807) is 30.3 Å². The van der Waals surface area contributed by atoms with E-state index in [0.29, 0.717) is 9.92 Å². The summed E-state index contributed by atoms with van der Waals surface area (Å²) in [5, 5.41) is 11.6. The Morgan fingerprint density at radius 2 is 1.71 bits per heavy atom. The maximum Gasteiger partial charge on any atom is 0.0726 e. The number of carboxylic acids is 1. The van der Waals surface area contributed by atoms with E-state index >= 15 is 0 Å². The molecule has 0 aromatic heterocycles. The van der Waals surface area contributed by atoms with Gasteiger partial charge in [0.1, 0.15) is 0 Å². The molecular weight excluding hydrogens is 256 g/mol. The van der Waals surface area contributed by atoms with Gasteiger partial charge in [0.15, 0.2) is 0 Å². The fraction of sp³-hybridized carbons (Fsp3) is 0. The van der Waals surface area contributed by atoms with Crippen LogP contribution in [0.3, 0.4) is 0 Å². The van der Waals surface area contributed by atoms with Crippen LogP contribution in [0.5, 0.6) is 0 Å². The zero-order chi connectivity index (χ0) is 12.3. The molecule has 0 atom stereocenters. The quantitative estimate of drug-likeness (QED) is 0.855. The van der Waals surface area contributed by atoms with Crippen molar-refractivity contribution in [2.24, 2.45) is 0 Å². The summed E-state index contributed by atoms with van der Waals surface area (Å²) in [6.45, 7) is 0. The van der Waals surface area contributed by atoms with Crippen LogP contribution in [0, 0.1) is 0 Å². The average molecular weight is 264 g/mol. The van der Waals surface area contributed by atoms with Gasteiger partial charge in [0, 0.05) is 20.4 Å². The number of rotatable bonds is 3. The molecule has 2 rings (SSSR count). The van der Waals surface area contributed by atoms with Gasteiger partial charge in [-0.2, -0.15) is 0 Å². The van der Waals surface area contributed by atoms with Gasteiger partial charge in [0.25, 0.3) is 0 Å². The summed E-state index contributed by atoms with van der Waals surface area (Å²) >= 11 is 7.15. The first-order valence-corrected chi connectivity index (χ1v) is 6.10. The van der Waals surface area contributed by atoms with Crippen molar-refractivity contribution in [2.75, 3.05) is 0 Å². The average Bonchev–Trinajstić information content (AvgIpc) is 2.32. The summed E-state index contributed by atoms with van der Waals surface area (Å²) in [6, 6.07) is 14.0. The topological polar surface area (TPSA) is 40.1 Å². The third kappa shape index (κ3) is 3.02. The number of benzene rings is 2. The molecule has 0 radical (unpaired) electrons. The Labute approximate surface area is 108 Å². The van der Waals surface area contributed by atoms with Crippen LogP contribution in [0.1, 0.15) is 10.4 Å². The number of hydrogen-bond acceptors (Lipinski definition) is 3. The van der Waals surface area contributed by atoms with Crippen LogP contribution in [0.25, 0.3) is 0 Å². The molecule has 4 heteroatoms. The molecule has 0 N–H and O–H groups in total. The van der Waals surface area contributed by atoms with Crippen LogP contribution in [0.15, 0.2) is 58.3 Å². The molecule has 0 saturated heterocycles. The summed E-state index contributed by atoms with van der Waals surface area (Å²) in [5.74, 6) is -1.16. The Hall–Kier alpha value is -1.45. The molecule has 0 fully saturated rings. The zero-order valence-electron chi connectivity index (χ0n) is 8.72. The molecule has 0 bridgehead atoms. The highest BCUT2D eigenvalue weighted by Crippen LogP contribution is 2.30. The van der Waals surface area contributed by atoms with Gasteiger partial charge < -0.3 is 9.90 Å². The second-order valence-corrected chi connectivity index (χ2v) is 4.89. The molecule has 0 aliphatic heterocycles. The minimum Gasteiger partial charge on any atom is -0.545 e. The standard InChI is InChI=1S/C13H9ClO2S/c14-9-5-7-10(8-6-9)17-12-4-2-1-3-11(12)13(15)16/h1-8H,(H,15,16)/p-1. The maximum absolute atomic E-state index is 10.9. The minimum absolute atomic E-state index is 0.201. The van der Waals surface area contributed by atoms with Gasteiger partial charge in [0.05, 0.1) is 5.97 Å². The molecule has 2 aromatic carbocycles. The van der Waals surface area contributed by atoms with Crippen LogP contribution in [0.2, 0.25) is 5.02 Å². The van der Waals surface area contributed by atoms with E-state index in [4.69, 9.17) is 11.6 Å². The smallest absolute Gasteiger partial charge is 0.0726 e. The molecule has 2 nitrogen and oxygen atoms in total. The second-order valence-electron chi connectivity index (χ2n) is 3.34. The van der Waals surface area contributed by atoms with Gasteiger partial charge in [-0.05, 0) is 30.3 Å². The SMILES string of the molecule is O=C([O-])c1ccccc1Sc1ccc(Cl)cc1. The lowest BCUT2D eigenvalue weighted by Gasteiger charge is -2.09. The first-order valence-electron chi connectivity index (χ1n) is 4.90. The van der Waals surface area contributed by atoms with Gasteiger partial charge in [0.2, 0.25) is 0 Å². The molecular formula is C13H8ClO2S-. The van der Waals surface area contributed by atoms with E-state index < -0.39 is 5.97 Å². The summed E-state index contributed by atoms with van der Waals surface area (Å²) in [5.41, 5.74) is 0.201. The largest absolute Gasteiger partial charge is 0.545 e. The Morgan fingerprint density at radius 3 is 2.35 bits per heavy atom. The van der Waals surface area contributed by atoms with Gasteiger partial charge in [-0.15, -0.1) is 0 Å². The number of carbonyl (C=O) groups is 1. The Kier molecular flexibility index (Phi) is 3.71.